The molecule has 0 bridgehead atoms. The molecular formula is C27H36ClN3O6S. The number of hydrogen-bond donors (Lipinski definition) is 1. The zero-order chi connectivity index (χ0) is 27.9. The summed E-state index contributed by atoms with van der Waals surface area (Å²) >= 11 is 6.38. The van der Waals surface area contributed by atoms with E-state index in [-0.39, 0.29) is 24.2 Å². The Hall–Kier alpha value is -2.98. The van der Waals surface area contributed by atoms with Gasteiger partial charge in [-0.2, -0.15) is 0 Å². The molecule has 2 aromatic carbocycles. The zero-order valence-corrected chi connectivity index (χ0v) is 23.8. The Kier molecular flexibility index (Phi) is 10.3. The number of nitrogens with one attached hydrogen (secondary N) is 1. The molecule has 208 valence electrons. The summed E-state index contributed by atoms with van der Waals surface area (Å²) in [6, 6.07) is 10.9. The maximum Gasteiger partial charge on any atom is 0.244 e. The summed E-state index contributed by atoms with van der Waals surface area (Å²) in [7, 11) is -0.964. The van der Waals surface area contributed by atoms with Gasteiger partial charge in [-0.05, 0) is 43.5 Å². The van der Waals surface area contributed by atoms with Gasteiger partial charge in [0.15, 0.2) is 11.5 Å². The van der Waals surface area contributed by atoms with Crippen molar-refractivity contribution < 1.29 is 27.5 Å². The number of rotatable bonds is 11. The molecule has 11 heteroatoms. The summed E-state index contributed by atoms with van der Waals surface area (Å²) in [6.45, 7) is 1.18. The predicted molar refractivity (Wildman–Crippen MR) is 148 cm³/mol. The number of hydrogen-bond acceptors (Lipinski definition) is 6. The molecule has 1 atom stereocenters. The first kappa shape index (κ1) is 29.6. The molecule has 0 aromatic heterocycles. The van der Waals surface area contributed by atoms with Gasteiger partial charge in [-0.3, -0.25) is 13.9 Å². The van der Waals surface area contributed by atoms with E-state index in [1.807, 2.05) is 0 Å². The minimum Gasteiger partial charge on any atom is -0.493 e. The monoisotopic (exact) mass is 565 g/mol. The number of ether oxygens (including phenoxy) is 2. The lowest BCUT2D eigenvalue weighted by atomic mass is 9.95. The van der Waals surface area contributed by atoms with Crippen LogP contribution >= 0.6 is 11.6 Å². The molecule has 1 N–H and O–H groups in total. The summed E-state index contributed by atoms with van der Waals surface area (Å²) in [5.41, 5.74) is 0.882. The van der Waals surface area contributed by atoms with E-state index >= 15 is 0 Å². The molecule has 0 heterocycles. The van der Waals surface area contributed by atoms with Crippen molar-refractivity contribution in [3.05, 3.63) is 53.1 Å². The van der Waals surface area contributed by atoms with E-state index in [1.54, 1.807) is 37.3 Å². The highest BCUT2D eigenvalue weighted by molar-refractivity contribution is 7.92. The van der Waals surface area contributed by atoms with Gasteiger partial charge in [0.2, 0.25) is 21.8 Å². The van der Waals surface area contributed by atoms with E-state index in [9.17, 15) is 18.0 Å². The first-order valence-corrected chi connectivity index (χ1v) is 14.8. The van der Waals surface area contributed by atoms with Crippen molar-refractivity contribution >= 4 is 39.1 Å². The topological polar surface area (TPSA) is 105 Å². The Bertz CT molecular complexity index is 1230. The fourth-order valence-electron chi connectivity index (χ4n) is 4.56. The second-order valence-corrected chi connectivity index (χ2v) is 11.8. The van der Waals surface area contributed by atoms with Gasteiger partial charge < -0.3 is 19.7 Å². The van der Waals surface area contributed by atoms with Crippen LogP contribution < -0.4 is 19.1 Å². The fourth-order valence-corrected chi connectivity index (χ4v) is 5.59. The SMILES string of the molecule is COc1ccc(N(CC(=O)N(Cc2ccccc2Cl)[C@H](C)C(=O)NC2CCCCC2)S(C)(=O)=O)cc1OC. The van der Waals surface area contributed by atoms with Crippen LogP contribution in [-0.2, 0) is 26.2 Å². The third-order valence-corrected chi connectivity index (χ3v) is 8.26. The minimum absolute atomic E-state index is 0.0430. The molecule has 0 unspecified atom stereocenters. The van der Waals surface area contributed by atoms with Gasteiger partial charge >= 0.3 is 0 Å². The molecule has 0 radical (unpaired) electrons. The van der Waals surface area contributed by atoms with Gasteiger partial charge in [-0.1, -0.05) is 49.1 Å². The summed E-state index contributed by atoms with van der Waals surface area (Å²) < 4.78 is 37.2. The maximum absolute atomic E-state index is 13.7. The highest BCUT2D eigenvalue weighted by Gasteiger charge is 2.31. The van der Waals surface area contributed by atoms with Crippen molar-refractivity contribution in [2.24, 2.45) is 0 Å². The van der Waals surface area contributed by atoms with Gasteiger partial charge in [0.25, 0.3) is 0 Å². The third kappa shape index (κ3) is 7.54. The molecule has 1 saturated carbocycles. The summed E-state index contributed by atoms with van der Waals surface area (Å²) in [5.74, 6) is -0.0885. The van der Waals surface area contributed by atoms with Crippen LogP contribution in [0.2, 0.25) is 5.02 Å². The second kappa shape index (κ2) is 13.2. The standard InChI is InChI=1S/C27H36ClN3O6S/c1-19(27(33)29-21-11-6-5-7-12-21)30(17-20-10-8-9-13-23(20)28)26(32)18-31(38(4,34)35)22-14-15-24(36-2)25(16-22)37-3/h8-10,13-16,19,21H,5-7,11-12,17-18H2,1-4H3,(H,29,33)/t19-/m1/s1. The molecule has 1 fully saturated rings. The van der Waals surface area contributed by atoms with Crippen molar-refractivity contribution in [1.82, 2.24) is 10.2 Å². The van der Waals surface area contributed by atoms with E-state index in [0.717, 1.165) is 42.7 Å². The van der Waals surface area contributed by atoms with Crippen LogP contribution in [0.4, 0.5) is 5.69 Å². The number of carbonyl (C=O) groups is 2. The second-order valence-electron chi connectivity index (χ2n) is 9.44. The fraction of sp³-hybridized carbons (Fsp3) is 0.481. The average Bonchev–Trinajstić information content (AvgIpc) is 2.90. The van der Waals surface area contributed by atoms with E-state index in [0.29, 0.717) is 22.1 Å². The molecule has 2 aromatic rings. The number of carbonyl (C=O) groups excluding carboxylic acids is 2. The Morgan fingerprint density at radius 1 is 1.05 bits per heavy atom. The van der Waals surface area contributed by atoms with Crippen LogP contribution in [-0.4, -0.2) is 64.2 Å². The lowest BCUT2D eigenvalue weighted by Gasteiger charge is -2.33. The normalized spacial score (nSPS) is 14.9. The van der Waals surface area contributed by atoms with Crippen molar-refractivity contribution in [2.45, 2.75) is 57.7 Å². The highest BCUT2D eigenvalue weighted by atomic mass is 35.5. The van der Waals surface area contributed by atoms with Gasteiger partial charge in [0.05, 0.1) is 26.2 Å². The van der Waals surface area contributed by atoms with E-state index in [2.05, 4.69) is 5.32 Å². The summed E-state index contributed by atoms with van der Waals surface area (Å²) in [4.78, 5) is 28.4. The number of methoxy groups -OCH3 is 2. The van der Waals surface area contributed by atoms with Gasteiger partial charge in [0, 0.05) is 23.7 Å². The maximum atomic E-state index is 13.7. The molecule has 3 rings (SSSR count). The Morgan fingerprint density at radius 2 is 1.71 bits per heavy atom. The molecule has 2 amide bonds. The van der Waals surface area contributed by atoms with Gasteiger partial charge in [0.1, 0.15) is 12.6 Å². The molecule has 1 aliphatic carbocycles. The molecule has 0 saturated heterocycles. The van der Waals surface area contributed by atoms with Crippen LogP contribution in [0.25, 0.3) is 0 Å². The number of amides is 2. The lowest BCUT2D eigenvalue weighted by molar-refractivity contribution is -0.139. The molecule has 1 aliphatic rings. The van der Waals surface area contributed by atoms with Crippen molar-refractivity contribution in [2.75, 3.05) is 31.3 Å². The van der Waals surface area contributed by atoms with Crippen LogP contribution in [0.1, 0.15) is 44.6 Å². The predicted octanol–water partition coefficient (Wildman–Crippen LogP) is 3.99. The molecular weight excluding hydrogens is 530 g/mol. The summed E-state index contributed by atoms with van der Waals surface area (Å²) in [5, 5.41) is 3.52. The molecule has 0 spiro atoms. The van der Waals surface area contributed by atoms with Crippen molar-refractivity contribution in [3.63, 3.8) is 0 Å². The quantitative estimate of drug-likeness (QED) is 0.442. The van der Waals surface area contributed by atoms with Gasteiger partial charge in [-0.15, -0.1) is 0 Å². The molecule has 0 aliphatic heterocycles. The number of anilines is 1. The first-order chi connectivity index (χ1) is 18.0. The van der Waals surface area contributed by atoms with Gasteiger partial charge in [-0.25, -0.2) is 8.42 Å². The van der Waals surface area contributed by atoms with Crippen molar-refractivity contribution in [3.8, 4) is 11.5 Å². The smallest absolute Gasteiger partial charge is 0.244 e. The number of sulfonamides is 1. The molecule has 38 heavy (non-hydrogen) atoms. The highest BCUT2D eigenvalue weighted by Crippen LogP contribution is 2.32. The van der Waals surface area contributed by atoms with Crippen LogP contribution in [0.5, 0.6) is 11.5 Å². The zero-order valence-electron chi connectivity index (χ0n) is 22.3. The van der Waals surface area contributed by atoms with E-state index in [1.165, 1.54) is 31.3 Å². The first-order valence-electron chi connectivity index (χ1n) is 12.6. The summed E-state index contributed by atoms with van der Waals surface area (Å²) in [6.07, 6.45) is 6.08. The number of benzene rings is 2. The van der Waals surface area contributed by atoms with E-state index in [4.69, 9.17) is 21.1 Å². The third-order valence-electron chi connectivity index (χ3n) is 6.75. The van der Waals surface area contributed by atoms with Crippen molar-refractivity contribution in [1.29, 1.82) is 0 Å². The van der Waals surface area contributed by atoms with E-state index < -0.39 is 28.5 Å². The number of nitrogens with zero attached hydrogens (tertiary/aromatic N) is 2. The van der Waals surface area contributed by atoms with Crippen LogP contribution in [0.3, 0.4) is 0 Å². The van der Waals surface area contributed by atoms with Crippen LogP contribution in [0.15, 0.2) is 42.5 Å². The Labute approximate surface area is 230 Å². The minimum atomic E-state index is -3.88. The largest absolute Gasteiger partial charge is 0.493 e. The average molecular weight is 566 g/mol. The Balaban J connectivity index is 1.91. The van der Waals surface area contributed by atoms with Crippen LogP contribution in [0, 0.1) is 0 Å². The Morgan fingerprint density at radius 3 is 2.32 bits per heavy atom. The lowest BCUT2D eigenvalue weighted by Crippen LogP contribution is -2.53. The number of halogens is 1. The molecule has 9 nitrogen and oxygen atoms in total.